The van der Waals surface area contributed by atoms with Gasteiger partial charge in [-0.25, -0.2) is 14.6 Å². The molecule has 230 valence electrons. The summed E-state index contributed by atoms with van der Waals surface area (Å²) < 4.78 is 13.8. The van der Waals surface area contributed by atoms with Crippen molar-refractivity contribution in [2.75, 3.05) is 11.4 Å². The van der Waals surface area contributed by atoms with Gasteiger partial charge < -0.3 is 4.84 Å². The Morgan fingerprint density at radius 3 is 1.96 bits per heavy atom. The van der Waals surface area contributed by atoms with Crippen LogP contribution in [0.4, 0.5) is 15.8 Å². The van der Waals surface area contributed by atoms with Crippen LogP contribution < -0.4 is 10.3 Å². The van der Waals surface area contributed by atoms with Gasteiger partial charge in [0.1, 0.15) is 11.2 Å². The van der Waals surface area contributed by atoms with Gasteiger partial charge in [-0.15, -0.1) is 11.8 Å². The first-order valence-corrected chi connectivity index (χ1v) is 15.9. The molecule has 2 unspecified atom stereocenters. The lowest BCUT2D eigenvalue weighted by Gasteiger charge is -2.32. The summed E-state index contributed by atoms with van der Waals surface area (Å²) in [4.78, 5) is 74.3. The predicted molar refractivity (Wildman–Crippen MR) is 167 cm³/mol. The fourth-order valence-electron chi connectivity index (χ4n) is 5.44. The van der Waals surface area contributed by atoms with Crippen LogP contribution in [0.15, 0.2) is 107 Å². The molecule has 0 radical (unpaired) electrons. The largest absolute Gasteiger partial charge is 0.334 e. The SMILES string of the molecule is O=C(CC1SC(c2ccc(F)cc2)N(NCC(=O)N2c3ccccc3Sc3ccccc32)C1=O)ON1C(=O)c2ccccc2C1=O. The highest BCUT2D eigenvalue weighted by Gasteiger charge is 2.45. The van der Waals surface area contributed by atoms with Crippen molar-refractivity contribution >= 4 is 64.5 Å². The fraction of sp³-hybridized carbons (Fsp3) is 0.121. The molecule has 0 spiro atoms. The van der Waals surface area contributed by atoms with E-state index in [2.05, 4.69) is 5.43 Å². The van der Waals surface area contributed by atoms with Gasteiger partial charge in [-0.3, -0.25) is 29.1 Å². The summed E-state index contributed by atoms with van der Waals surface area (Å²) in [6.07, 6.45) is -0.467. The molecule has 3 heterocycles. The molecule has 3 aliphatic heterocycles. The standard InChI is InChI=1S/C33H23FN4O6S2/c34-20-15-13-19(14-16-20)33-37(35-18-28(39)36-23-9-3-5-11-25(23)45-26-12-6-4-10-24(26)36)32(43)27(46-33)17-29(40)44-38-30(41)21-7-1-2-8-22(21)31(38)42/h1-16,27,33,35H,17-18H2. The Kier molecular flexibility index (Phi) is 7.80. The molecule has 1 fully saturated rings. The van der Waals surface area contributed by atoms with E-state index in [0.717, 1.165) is 21.6 Å². The Balaban J connectivity index is 1.09. The molecule has 10 nitrogen and oxygen atoms in total. The molecule has 2 atom stereocenters. The topological polar surface area (TPSA) is 116 Å². The van der Waals surface area contributed by atoms with Crippen molar-refractivity contribution in [3.8, 4) is 0 Å². The number of amides is 4. The molecule has 46 heavy (non-hydrogen) atoms. The lowest BCUT2D eigenvalue weighted by Crippen LogP contribution is -2.47. The quantitative estimate of drug-likeness (QED) is 0.267. The molecule has 1 N–H and O–H groups in total. The molecule has 13 heteroatoms. The molecule has 0 aliphatic carbocycles. The third-order valence-corrected chi connectivity index (χ3v) is 10.1. The lowest BCUT2D eigenvalue weighted by atomic mass is 10.1. The molecule has 4 aromatic rings. The van der Waals surface area contributed by atoms with Crippen LogP contribution in [-0.2, 0) is 19.2 Å². The summed E-state index contributed by atoms with van der Waals surface area (Å²) in [5.74, 6) is -3.83. The number of carbonyl (C=O) groups excluding carboxylic acids is 5. The summed E-state index contributed by atoms with van der Waals surface area (Å²) in [6.45, 7) is -0.274. The van der Waals surface area contributed by atoms with Crippen molar-refractivity contribution in [2.45, 2.75) is 26.8 Å². The summed E-state index contributed by atoms with van der Waals surface area (Å²) in [7, 11) is 0. The number of hydrogen-bond acceptors (Lipinski definition) is 9. The number of benzene rings is 4. The number of halogens is 1. The first kappa shape index (κ1) is 29.7. The zero-order valence-corrected chi connectivity index (χ0v) is 25.4. The molecule has 4 amide bonds. The second kappa shape index (κ2) is 12.1. The maximum Gasteiger partial charge on any atom is 0.334 e. The highest BCUT2D eigenvalue weighted by Crippen LogP contribution is 2.48. The van der Waals surface area contributed by atoms with Crippen LogP contribution >= 0.6 is 23.5 Å². The van der Waals surface area contributed by atoms with E-state index in [9.17, 15) is 28.4 Å². The second-order valence-corrected chi connectivity index (χ2v) is 12.8. The summed E-state index contributed by atoms with van der Waals surface area (Å²) in [5.41, 5.74) is 5.16. The molecule has 3 aliphatic rings. The monoisotopic (exact) mass is 654 g/mol. The molecule has 0 bridgehead atoms. The molecular formula is C33H23FN4O6S2. The average Bonchev–Trinajstić information content (AvgIpc) is 3.50. The molecule has 4 aromatic carbocycles. The van der Waals surface area contributed by atoms with Gasteiger partial charge in [-0.2, -0.15) is 0 Å². The number of hydrogen-bond donors (Lipinski definition) is 1. The number of carbonyl (C=O) groups is 5. The minimum absolute atomic E-state index is 0.112. The minimum atomic E-state index is -0.992. The zero-order chi connectivity index (χ0) is 31.9. The van der Waals surface area contributed by atoms with Gasteiger partial charge in [0.05, 0.1) is 40.7 Å². The van der Waals surface area contributed by atoms with Crippen molar-refractivity contribution in [2.24, 2.45) is 0 Å². The van der Waals surface area contributed by atoms with E-state index in [1.165, 1.54) is 41.4 Å². The molecule has 0 saturated carbocycles. The maximum atomic E-state index is 13.8. The van der Waals surface area contributed by atoms with Crippen LogP contribution in [0.5, 0.6) is 0 Å². The van der Waals surface area contributed by atoms with E-state index in [0.29, 0.717) is 22.0 Å². The minimum Gasteiger partial charge on any atom is -0.330 e. The normalized spacial score (nSPS) is 18.4. The Labute approximate surface area is 270 Å². The summed E-state index contributed by atoms with van der Waals surface area (Å²) in [6, 6.07) is 26.7. The van der Waals surface area contributed by atoms with Gasteiger partial charge in [-0.1, -0.05) is 65.4 Å². The Hall–Kier alpha value is -4.98. The number of hydroxylamine groups is 2. The number of hydrazine groups is 1. The van der Waals surface area contributed by atoms with Gasteiger partial charge in [0.25, 0.3) is 17.7 Å². The fourth-order valence-corrected chi connectivity index (χ4v) is 7.89. The number of anilines is 2. The Morgan fingerprint density at radius 2 is 1.35 bits per heavy atom. The maximum absolute atomic E-state index is 13.8. The molecule has 0 aromatic heterocycles. The number of rotatable bonds is 7. The van der Waals surface area contributed by atoms with Crippen molar-refractivity contribution in [3.63, 3.8) is 0 Å². The van der Waals surface area contributed by atoms with Gasteiger partial charge in [0, 0.05) is 9.79 Å². The highest BCUT2D eigenvalue weighted by atomic mass is 32.2. The van der Waals surface area contributed by atoms with Crippen LogP contribution in [0.25, 0.3) is 0 Å². The summed E-state index contributed by atoms with van der Waals surface area (Å²) in [5, 5.41) is -0.0649. The lowest BCUT2D eigenvalue weighted by molar-refractivity contribution is -0.169. The van der Waals surface area contributed by atoms with Crippen molar-refractivity contribution in [1.29, 1.82) is 0 Å². The van der Waals surface area contributed by atoms with E-state index in [-0.39, 0.29) is 23.6 Å². The molecular weight excluding hydrogens is 632 g/mol. The highest BCUT2D eigenvalue weighted by molar-refractivity contribution is 8.01. The number of thioether (sulfide) groups is 1. The third kappa shape index (κ3) is 5.31. The number of imide groups is 1. The van der Waals surface area contributed by atoms with E-state index in [1.807, 2.05) is 48.5 Å². The van der Waals surface area contributed by atoms with Crippen LogP contribution in [0.3, 0.4) is 0 Å². The van der Waals surface area contributed by atoms with Crippen LogP contribution in [-0.4, -0.2) is 51.5 Å². The number of para-hydroxylation sites is 2. The number of nitrogens with zero attached hydrogens (tertiary/aromatic N) is 3. The van der Waals surface area contributed by atoms with Gasteiger partial charge >= 0.3 is 5.97 Å². The Bertz CT molecular complexity index is 1840. The van der Waals surface area contributed by atoms with Crippen LogP contribution in [0, 0.1) is 5.82 Å². The van der Waals surface area contributed by atoms with Gasteiger partial charge in [0.2, 0.25) is 5.91 Å². The smallest absolute Gasteiger partial charge is 0.330 e. The van der Waals surface area contributed by atoms with Gasteiger partial charge in [0.15, 0.2) is 0 Å². The van der Waals surface area contributed by atoms with E-state index in [4.69, 9.17) is 4.84 Å². The zero-order valence-electron chi connectivity index (χ0n) is 23.8. The second-order valence-electron chi connectivity index (χ2n) is 10.5. The molecule has 1 saturated heterocycles. The Morgan fingerprint density at radius 1 is 0.783 bits per heavy atom. The first-order chi connectivity index (χ1) is 22.3. The van der Waals surface area contributed by atoms with E-state index >= 15 is 0 Å². The first-order valence-electron chi connectivity index (χ1n) is 14.1. The third-order valence-electron chi connectivity index (χ3n) is 7.58. The number of nitrogens with one attached hydrogen (secondary N) is 1. The number of fused-ring (bicyclic) bond motifs is 3. The van der Waals surface area contributed by atoms with E-state index in [1.54, 1.807) is 28.8 Å². The van der Waals surface area contributed by atoms with Crippen molar-refractivity contribution in [1.82, 2.24) is 15.5 Å². The van der Waals surface area contributed by atoms with E-state index < -0.39 is 46.6 Å². The van der Waals surface area contributed by atoms with Crippen molar-refractivity contribution < 1.29 is 33.2 Å². The molecule has 7 rings (SSSR count). The predicted octanol–water partition coefficient (Wildman–Crippen LogP) is 5.25. The van der Waals surface area contributed by atoms with Crippen molar-refractivity contribution in [3.05, 3.63) is 120 Å². The van der Waals surface area contributed by atoms with Crippen LogP contribution in [0.1, 0.15) is 38.1 Å². The average molecular weight is 655 g/mol. The van der Waals surface area contributed by atoms with Gasteiger partial charge in [-0.05, 0) is 54.1 Å². The summed E-state index contributed by atoms with van der Waals surface area (Å²) >= 11 is 2.66. The van der Waals surface area contributed by atoms with Crippen LogP contribution in [0.2, 0.25) is 0 Å².